The lowest BCUT2D eigenvalue weighted by Crippen LogP contribution is -2.41. The van der Waals surface area contributed by atoms with Crippen molar-refractivity contribution in [3.63, 3.8) is 0 Å². The summed E-state index contributed by atoms with van der Waals surface area (Å²) in [7, 11) is 1.60. The molecule has 0 aromatic rings. The lowest BCUT2D eigenvalue weighted by molar-refractivity contribution is -0.136. The van der Waals surface area contributed by atoms with Crippen molar-refractivity contribution < 1.29 is 19.2 Å². The largest absolute Gasteiger partial charge is 0.336 e. The molecule has 1 unspecified atom stereocenters. The lowest BCUT2D eigenvalue weighted by atomic mass is 10.0. The first-order chi connectivity index (χ1) is 10.4. The molecule has 22 heavy (non-hydrogen) atoms. The van der Waals surface area contributed by atoms with Crippen LogP contribution in [0.4, 0.5) is 0 Å². The van der Waals surface area contributed by atoms with Crippen LogP contribution < -0.4 is 0 Å². The Hall–Kier alpha value is -2.16. The van der Waals surface area contributed by atoms with Crippen molar-refractivity contribution >= 4 is 24.4 Å². The zero-order chi connectivity index (χ0) is 17.1. The van der Waals surface area contributed by atoms with E-state index in [1.54, 1.807) is 7.05 Å². The van der Waals surface area contributed by atoms with Gasteiger partial charge in [0.05, 0.1) is 6.04 Å². The molecule has 0 aliphatic rings. The second kappa shape index (κ2) is 10.6. The molecule has 0 N–H and O–H groups in total. The predicted octanol–water partition coefficient (Wildman–Crippen LogP) is 0.499. The van der Waals surface area contributed by atoms with Gasteiger partial charge in [0, 0.05) is 33.0 Å². The maximum Gasteiger partial charge on any atom is 0.298 e. The third-order valence-electron chi connectivity index (χ3n) is 3.41. The van der Waals surface area contributed by atoms with E-state index in [0.29, 0.717) is 19.3 Å². The standard InChI is InChI=1S/C16H24N2O4/c1-5-15(21)18(10-7-11-19)9-6-8-16(22)17(4)14(12-20)13(2)3/h1,11-14H,6-10H2,2-4H3. The Balaban J connectivity index is 4.44. The number of rotatable bonds is 10. The van der Waals surface area contributed by atoms with Gasteiger partial charge in [0.25, 0.3) is 5.91 Å². The Labute approximate surface area is 131 Å². The monoisotopic (exact) mass is 308 g/mol. The van der Waals surface area contributed by atoms with E-state index < -0.39 is 11.9 Å². The van der Waals surface area contributed by atoms with Gasteiger partial charge < -0.3 is 19.4 Å². The number of likely N-dealkylation sites (N-methyl/N-ethyl adjacent to an activating group) is 1. The van der Waals surface area contributed by atoms with Crippen LogP contribution >= 0.6 is 0 Å². The van der Waals surface area contributed by atoms with Crippen LogP contribution in [-0.2, 0) is 19.2 Å². The van der Waals surface area contributed by atoms with Crippen LogP contribution in [0.15, 0.2) is 0 Å². The number of carbonyl (C=O) groups excluding carboxylic acids is 4. The molecule has 0 radical (unpaired) electrons. The van der Waals surface area contributed by atoms with Crippen molar-refractivity contribution in [1.29, 1.82) is 0 Å². The first-order valence-electron chi connectivity index (χ1n) is 7.29. The number of hydrogen-bond acceptors (Lipinski definition) is 4. The Kier molecular flexibility index (Phi) is 9.51. The van der Waals surface area contributed by atoms with Crippen molar-refractivity contribution in [2.45, 2.75) is 39.2 Å². The highest BCUT2D eigenvalue weighted by molar-refractivity contribution is 5.93. The number of aldehydes is 2. The number of nitrogens with zero attached hydrogens (tertiary/aromatic N) is 2. The average Bonchev–Trinajstić information content (AvgIpc) is 2.49. The number of carbonyl (C=O) groups is 4. The van der Waals surface area contributed by atoms with E-state index in [0.717, 1.165) is 6.29 Å². The Morgan fingerprint density at radius 2 is 1.86 bits per heavy atom. The molecule has 6 heteroatoms. The summed E-state index contributed by atoms with van der Waals surface area (Å²) in [6.45, 7) is 4.30. The summed E-state index contributed by atoms with van der Waals surface area (Å²) >= 11 is 0. The van der Waals surface area contributed by atoms with E-state index >= 15 is 0 Å². The quantitative estimate of drug-likeness (QED) is 0.435. The third-order valence-corrected chi connectivity index (χ3v) is 3.41. The van der Waals surface area contributed by atoms with Crippen molar-refractivity contribution in [3.8, 4) is 12.3 Å². The van der Waals surface area contributed by atoms with Gasteiger partial charge in [-0.3, -0.25) is 9.59 Å². The van der Waals surface area contributed by atoms with E-state index in [-0.39, 0.29) is 31.2 Å². The molecule has 0 aromatic heterocycles. The summed E-state index contributed by atoms with van der Waals surface area (Å²) in [6, 6.07) is -0.453. The second-order valence-electron chi connectivity index (χ2n) is 5.37. The molecule has 0 rings (SSSR count). The molecule has 1 atom stereocenters. The first kappa shape index (κ1) is 19.8. The highest BCUT2D eigenvalue weighted by Crippen LogP contribution is 2.09. The number of amides is 2. The molecule has 0 fully saturated rings. The molecule has 2 amide bonds. The zero-order valence-electron chi connectivity index (χ0n) is 13.4. The smallest absolute Gasteiger partial charge is 0.298 e. The molecule has 0 spiro atoms. The molecule has 0 saturated heterocycles. The van der Waals surface area contributed by atoms with Crippen LogP contribution in [0.3, 0.4) is 0 Å². The maximum absolute atomic E-state index is 12.0. The molecule has 0 aromatic carbocycles. The molecule has 0 heterocycles. The van der Waals surface area contributed by atoms with E-state index in [9.17, 15) is 19.2 Å². The van der Waals surface area contributed by atoms with E-state index in [2.05, 4.69) is 0 Å². The van der Waals surface area contributed by atoms with Crippen LogP contribution in [0.5, 0.6) is 0 Å². The molecule has 0 bridgehead atoms. The lowest BCUT2D eigenvalue weighted by Gasteiger charge is -2.27. The summed E-state index contributed by atoms with van der Waals surface area (Å²) < 4.78 is 0. The zero-order valence-corrected chi connectivity index (χ0v) is 13.4. The van der Waals surface area contributed by atoms with Gasteiger partial charge in [-0.2, -0.15) is 0 Å². The molecule has 122 valence electrons. The Morgan fingerprint density at radius 1 is 1.23 bits per heavy atom. The highest BCUT2D eigenvalue weighted by Gasteiger charge is 2.22. The maximum atomic E-state index is 12.0. The molecule has 0 saturated carbocycles. The van der Waals surface area contributed by atoms with Crippen molar-refractivity contribution in [3.05, 3.63) is 0 Å². The topological polar surface area (TPSA) is 74.8 Å². The summed E-state index contributed by atoms with van der Waals surface area (Å²) in [5.41, 5.74) is 0. The van der Waals surface area contributed by atoms with Crippen molar-refractivity contribution in [2.24, 2.45) is 5.92 Å². The Morgan fingerprint density at radius 3 is 2.32 bits per heavy atom. The summed E-state index contributed by atoms with van der Waals surface area (Å²) in [5, 5.41) is 0. The normalized spacial score (nSPS) is 11.4. The minimum Gasteiger partial charge on any atom is -0.336 e. The summed E-state index contributed by atoms with van der Waals surface area (Å²) in [5.74, 6) is 1.40. The Bertz CT molecular complexity index is 440. The van der Waals surface area contributed by atoms with Gasteiger partial charge in [-0.15, -0.1) is 6.42 Å². The SMILES string of the molecule is C#CC(=O)N(CCC=O)CCCC(=O)N(C)C(C=O)C(C)C. The minimum atomic E-state index is -0.490. The van der Waals surface area contributed by atoms with Gasteiger partial charge in [-0.1, -0.05) is 13.8 Å². The van der Waals surface area contributed by atoms with E-state index in [4.69, 9.17) is 6.42 Å². The molecular weight excluding hydrogens is 284 g/mol. The van der Waals surface area contributed by atoms with Crippen LogP contribution in [0.25, 0.3) is 0 Å². The second-order valence-corrected chi connectivity index (χ2v) is 5.37. The molecular formula is C16H24N2O4. The number of hydrogen-bond donors (Lipinski definition) is 0. The van der Waals surface area contributed by atoms with Crippen LogP contribution in [0, 0.1) is 18.3 Å². The fraction of sp³-hybridized carbons (Fsp3) is 0.625. The van der Waals surface area contributed by atoms with Gasteiger partial charge in [0.15, 0.2) is 0 Å². The van der Waals surface area contributed by atoms with Crippen molar-refractivity contribution in [2.75, 3.05) is 20.1 Å². The molecule has 0 aliphatic carbocycles. The first-order valence-corrected chi connectivity index (χ1v) is 7.29. The van der Waals surface area contributed by atoms with Gasteiger partial charge >= 0.3 is 0 Å². The minimum absolute atomic E-state index is 0.0403. The van der Waals surface area contributed by atoms with Gasteiger partial charge in [-0.25, -0.2) is 0 Å². The fourth-order valence-corrected chi connectivity index (χ4v) is 2.07. The van der Waals surface area contributed by atoms with Crippen molar-refractivity contribution in [1.82, 2.24) is 9.80 Å². The molecule has 0 aliphatic heterocycles. The fourth-order valence-electron chi connectivity index (χ4n) is 2.07. The summed E-state index contributed by atoms with van der Waals surface area (Å²) in [4.78, 5) is 47.8. The van der Waals surface area contributed by atoms with Gasteiger partial charge in [0.1, 0.15) is 12.6 Å². The van der Waals surface area contributed by atoms with Crippen LogP contribution in [0.1, 0.15) is 33.1 Å². The molecule has 6 nitrogen and oxygen atoms in total. The predicted molar refractivity (Wildman–Crippen MR) is 82.8 cm³/mol. The average molecular weight is 308 g/mol. The van der Waals surface area contributed by atoms with Gasteiger partial charge in [0.2, 0.25) is 5.91 Å². The van der Waals surface area contributed by atoms with Gasteiger partial charge in [-0.05, 0) is 18.3 Å². The summed E-state index contributed by atoms with van der Waals surface area (Å²) in [6.07, 6.45) is 7.40. The van der Waals surface area contributed by atoms with Crippen LogP contribution in [-0.4, -0.2) is 60.4 Å². The van der Waals surface area contributed by atoms with Crippen LogP contribution in [0.2, 0.25) is 0 Å². The third kappa shape index (κ3) is 6.53. The van der Waals surface area contributed by atoms with E-state index in [1.165, 1.54) is 9.80 Å². The van der Waals surface area contributed by atoms with E-state index in [1.807, 2.05) is 19.8 Å². The number of terminal acetylenes is 1. The highest BCUT2D eigenvalue weighted by atomic mass is 16.2.